The molecule has 0 saturated carbocycles. The molecule has 0 spiro atoms. The van der Waals surface area contributed by atoms with Crippen LogP contribution in [0.3, 0.4) is 0 Å². The highest BCUT2D eigenvalue weighted by molar-refractivity contribution is 5.74. The molecule has 1 aliphatic heterocycles. The van der Waals surface area contributed by atoms with E-state index in [0.717, 1.165) is 0 Å². The third-order valence-corrected chi connectivity index (χ3v) is 2.27. The fourth-order valence-corrected chi connectivity index (χ4v) is 1.55. The maximum atomic E-state index is 11.8. The molecule has 94 valence electrons. The summed E-state index contributed by atoms with van der Waals surface area (Å²) in [6.45, 7) is 1.07. The number of nitrogens with one attached hydrogen (secondary N) is 2. The van der Waals surface area contributed by atoms with Crippen molar-refractivity contribution in [3.8, 4) is 0 Å². The number of hydrogen-bond donors (Lipinski definition) is 2. The molecule has 0 bridgehead atoms. The zero-order chi connectivity index (χ0) is 12.2. The molecule has 7 heteroatoms. The number of carbonyl (C=O) groups excluding carboxylic acids is 1. The minimum Gasteiger partial charge on any atom is -0.378 e. The fourth-order valence-electron chi connectivity index (χ4n) is 1.55. The van der Waals surface area contributed by atoms with Crippen molar-refractivity contribution in [3.05, 3.63) is 0 Å². The largest absolute Gasteiger partial charge is 0.405 e. The lowest BCUT2D eigenvalue weighted by Crippen LogP contribution is -2.47. The van der Waals surface area contributed by atoms with Crippen LogP contribution >= 0.6 is 0 Å². The Kier molecular flexibility index (Phi) is 4.40. The Morgan fingerprint density at radius 2 is 2.19 bits per heavy atom. The van der Waals surface area contributed by atoms with E-state index in [-0.39, 0.29) is 12.1 Å². The van der Waals surface area contributed by atoms with Crippen LogP contribution in [-0.2, 0) is 4.74 Å². The molecule has 2 unspecified atom stereocenters. The van der Waals surface area contributed by atoms with Crippen molar-refractivity contribution in [2.75, 3.05) is 13.2 Å². The van der Waals surface area contributed by atoms with Crippen LogP contribution in [0.2, 0.25) is 0 Å². The van der Waals surface area contributed by atoms with E-state index in [1.807, 2.05) is 6.92 Å². The summed E-state index contributed by atoms with van der Waals surface area (Å²) in [7, 11) is 0. The van der Waals surface area contributed by atoms with E-state index in [4.69, 9.17) is 4.74 Å². The Balaban J connectivity index is 2.23. The highest BCUT2D eigenvalue weighted by Gasteiger charge is 2.28. The van der Waals surface area contributed by atoms with Crippen LogP contribution in [0, 0.1) is 0 Å². The van der Waals surface area contributed by atoms with Gasteiger partial charge in [0.05, 0.1) is 6.10 Å². The first-order valence-corrected chi connectivity index (χ1v) is 5.09. The molecule has 0 radical (unpaired) electrons. The predicted octanol–water partition coefficient (Wildman–Crippen LogP) is 1.42. The van der Waals surface area contributed by atoms with Gasteiger partial charge in [0.25, 0.3) is 0 Å². The minimum absolute atomic E-state index is 0.0293. The van der Waals surface area contributed by atoms with E-state index in [0.29, 0.717) is 19.4 Å². The SMILES string of the molecule is CC1CC(NC(=O)NCC(F)(F)F)CCO1. The van der Waals surface area contributed by atoms with Crippen molar-refractivity contribution in [3.63, 3.8) is 0 Å². The van der Waals surface area contributed by atoms with Crippen molar-refractivity contribution in [1.82, 2.24) is 10.6 Å². The second-order valence-corrected chi connectivity index (χ2v) is 3.84. The van der Waals surface area contributed by atoms with Crippen molar-refractivity contribution in [2.45, 2.75) is 38.1 Å². The molecule has 0 aromatic heterocycles. The van der Waals surface area contributed by atoms with E-state index in [9.17, 15) is 18.0 Å². The smallest absolute Gasteiger partial charge is 0.378 e. The third kappa shape index (κ3) is 5.20. The summed E-state index contributed by atoms with van der Waals surface area (Å²) in [6, 6.07) is -0.895. The molecule has 4 nitrogen and oxygen atoms in total. The molecule has 0 aromatic rings. The molecule has 16 heavy (non-hydrogen) atoms. The first-order valence-electron chi connectivity index (χ1n) is 5.09. The second-order valence-electron chi connectivity index (χ2n) is 3.84. The first kappa shape index (κ1) is 13.1. The van der Waals surface area contributed by atoms with E-state index in [2.05, 4.69) is 5.32 Å². The molecule has 1 aliphatic rings. The van der Waals surface area contributed by atoms with Gasteiger partial charge in [-0.05, 0) is 19.8 Å². The van der Waals surface area contributed by atoms with Crippen LogP contribution in [0.5, 0.6) is 0 Å². The average molecular weight is 240 g/mol. The maximum absolute atomic E-state index is 11.8. The van der Waals surface area contributed by atoms with Gasteiger partial charge in [-0.15, -0.1) is 0 Å². The first-order chi connectivity index (χ1) is 7.37. The van der Waals surface area contributed by atoms with Crippen molar-refractivity contribution in [1.29, 1.82) is 0 Å². The van der Waals surface area contributed by atoms with E-state index in [1.54, 1.807) is 5.32 Å². The summed E-state index contributed by atoms with van der Waals surface area (Å²) in [6.07, 6.45) is -3.09. The Hall–Kier alpha value is -0.980. The molecule has 1 rings (SSSR count). The van der Waals surface area contributed by atoms with Crippen molar-refractivity contribution >= 4 is 6.03 Å². The van der Waals surface area contributed by atoms with E-state index < -0.39 is 18.8 Å². The van der Waals surface area contributed by atoms with Gasteiger partial charge in [0.1, 0.15) is 6.54 Å². The lowest BCUT2D eigenvalue weighted by Gasteiger charge is -2.28. The number of halogens is 3. The number of alkyl halides is 3. The average Bonchev–Trinajstić information content (AvgIpc) is 2.14. The van der Waals surface area contributed by atoms with Gasteiger partial charge in [0, 0.05) is 12.6 Å². The molecule has 1 heterocycles. The highest BCUT2D eigenvalue weighted by Crippen LogP contribution is 2.14. The van der Waals surface area contributed by atoms with Gasteiger partial charge < -0.3 is 15.4 Å². The number of rotatable bonds is 2. The van der Waals surface area contributed by atoms with Gasteiger partial charge in [-0.2, -0.15) is 13.2 Å². The molecule has 2 amide bonds. The molecule has 2 N–H and O–H groups in total. The summed E-state index contributed by atoms with van der Waals surface area (Å²) in [5.74, 6) is 0. The van der Waals surface area contributed by atoms with Crippen LogP contribution in [0.15, 0.2) is 0 Å². The lowest BCUT2D eigenvalue weighted by molar-refractivity contribution is -0.122. The monoisotopic (exact) mass is 240 g/mol. The number of carbonyl (C=O) groups is 1. The minimum atomic E-state index is -4.37. The number of ether oxygens (including phenoxy) is 1. The summed E-state index contributed by atoms with van der Waals surface area (Å²) < 4.78 is 40.6. The summed E-state index contributed by atoms with van der Waals surface area (Å²) in [5.41, 5.74) is 0. The Labute approximate surface area is 91.5 Å². The van der Waals surface area contributed by atoms with Gasteiger partial charge in [0.15, 0.2) is 0 Å². The fraction of sp³-hybridized carbons (Fsp3) is 0.889. The Morgan fingerprint density at radius 1 is 1.50 bits per heavy atom. The molecular formula is C9H15F3N2O2. The number of urea groups is 1. The van der Waals surface area contributed by atoms with Gasteiger partial charge >= 0.3 is 12.2 Å². The zero-order valence-corrected chi connectivity index (χ0v) is 8.93. The molecule has 1 saturated heterocycles. The van der Waals surface area contributed by atoms with Gasteiger partial charge in [-0.25, -0.2) is 4.79 Å². The topological polar surface area (TPSA) is 50.4 Å². The molecule has 0 aromatic carbocycles. The van der Waals surface area contributed by atoms with Crippen LogP contribution in [0.1, 0.15) is 19.8 Å². The summed E-state index contributed by atoms with van der Waals surface area (Å²) in [4.78, 5) is 11.1. The molecule has 1 fully saturated rings. The second kappa shape index (κ2) is 5.38. The third-order valence-electron chi connectivity index (χ3n) is 2.27. The van der Waals surface area contributed by atoms with Crippen molar-refractivity contribution < 1.29 is 22.7 Å². The highest BCUT2D eigenvalue weighted by atomic mass is 19.4. The Bertz CT molecular complexity index is 245. The summed E-state index contributed by atoms with van der Waals surface area (Å²) in [5, 5.41) is 4.26. The quantitative estimate of drug-likeness (QED) is 0.766. The van der Waals surface area contributed by atoms with Crippen molar-refractivity contribution in [2.24, 2.45) is 0 Å². The van der Waals surface area contributed by atoms with Crippen LogP contribution in [0.25, 0.3) is 0 Å². The predicted molar refractivity (Wildman–Crippen MR) is 51.0 cm³/mol. The molecule has 0 aliphatic carbocycles. The standard InChI is InChI=1S/C9H15F3N2O2/c1-6-4-7(2-3-16-6)14-8(15)13-5-9(10,11)12/h6-7H,2-5H2,1H3,(H2,13,14,15). The van der Waals surface area contributed by atoms with Crippen LogP contribution in [-0.4, -0.2) is 37.5 Å². The normalized spacial score (nSPS) is 26.2. The molecular weight excluding hydrogens is 225 g/mol. The number of hydrogen-bond acceptors (Lipinski definition) is 2. The Morgan fingerprint density at radius 3 is 2.75 bits per heavy atom. The number of amides is 2. The van der Waals surface area contributed by atoms with Crippen LogP contribution < -0.4 is 10.6 Å². The van der Waals surface area contributed by atoms with Gasteiger partial charge in [-0.3, -0.25) is 0 Å². The molecule has 2 atom stereocenters. The van der Waals surface area contributed by atoms with E-state index in [1.165, 1.54) is 0 Å². The van der Waals surface area contributed by atoms with Gasteiger partial charge in [0.2, 0.25) is 0 Å². The lowest BCUT2D eigenvalue weighted by atomic mass is 10.0. The van der Waals surface area contributed by atoms with E-state index >= 15 is 0 Å². The van der Waals surface area contributed by atoms with Crippen LogP contribution in [0.4, 0.5) is 18.0 Å². The maximum Gasteiger partial charge on any atom is 0.405 e. The zero-order valence-electron chi connectivity index (χ0n) is 8.93. The van der Waals surface area contributed by atoms with Gasteiger partial charge in [-0.1, -0.05) is 0 Å². The summed E-state index contributed by atoms with van der Waals surface area (Å²) >= 11 is 0.